The molecule has 0 amide bonds. The number of aliphatic hydroxyl groups excluding tert-OH is 1. The smallest absolute Gasteiger partial charge is 0.0681 e. The Labute approximate surface area is 68.7 Å². The summed E-state index contributed by atoms with van der Waals surface area (Å²) in [7, 11) is 0. The quantitative estimate of drug-likeness (QED) is 0.616. The van der Waals surface area contributed by atoms with Crippen LogP contribution in [0.15, 0.2) is 35.5 Å². The molecule has 0 aromatic heterocycles. The van der Waals surface area contributed by atoms with Crippen LogP contribution in [0.2, 0.25) is 0 Å². The van der Waals surface area contributed by atoms with Crippen molar-refractivity contribution in [3.8, 4) is 0 Å². The second-order valence-corrected chi connectivity index (χ2v) is 2.76. The van der Waals surface area contributed by atoms with E-state index in [1.807, 2.05) is 26.8 Å². The Morgan fingerprint density at radius 3 is 2.18 bits per heavy atom. The van der Waals surface area contributed by atoms with Crippen LogP contribution in [0.25, 0.3) is 0 Å². The summed E-state index contributed by atoms with van der Waals surface area (Å²) in [6.07, 6.45) is 3.62. The zero-order valence-electron chi connectivity index (χ0n) is 7.52. The molecule has 0 aromatic rings. The van der Waals surface area contributed by atoms with Crippen molar-refractivity contribution in [1.29, 1.82) is 0 Å². The average Bonchev–Trinajstić information content (AvgIpc) is 1.99. The molecule has 0 aliphatic heterocycles. The van der Waals surface area contributed by atoms with E-state index in [1.165, 1.54) is 11.1 Å². The SMILES string of the molecule is C=C/C(=C\C(C)=C(C)C)CO. The Morgan fingerprint density at radius 1 is 1.36 bits per heavy atom. The Balaban J connectivity index is 4.52. The van der Waals surface area contributed by atoms with Gasteiger partial charge >= 0.3 is 0 Å². The fraction of sp³-hybridized carbons (Fsp3) is 0.400. The molecule has 1 N–H and O–H groups in total. The molecule has 0 fully saturated rings. The molecule has 0 saturated carbocycles. The molecular formula is C10H16O. The maximum Gasteiger partial charge on any atom is 0.0681 e. The molecule has 0 atom stereocenters. The van der Waals surface area contributed by atoms with Gasteiger partial charge in [0.05, 0.1) is 6.61 Å². The summed E-state index contributed by atoms with van der Waals surface area (Å²) < 4.78 is 0. The van der Waals surface area contributed by atoms with Crippen molar-refractivity contribution in [2.75, 3.05) is 6.61 Å². The van der Waals surface area contributed by atoms with E-state index in [-0.39, 0.29) is 6.61 Å². The predicted molar refractivity (Wildman–Crippen MR) is 49.4 cm³/mol. The fourth-order valence-electron chi connectivity index (χ4n) is 0.592. The minimum Gasteiger partial charge on any atom is -0.392 e. The highest BCUT2D eigenvalue weighted by molar-refractivity contribution is 5.30. The molecule has 0 aromatic carbocycles. The first-order valence-electron chi connectivity index (χ1n) is 3.69. The Hall–Kier alpha value is -0.820. The van der Waals surface area contributed by atoms with Crippen LogP contribution in [0, 0.1) is 0 Å². The number of aliphatic hydroxyl groups is 1. The lowest BCUT2D eigenvalue weighted by atomic mass is 10.1. The van der Waals surface area contributed by atoms with E-state index in [0.29, 0.717) is 0 Å². The Kier molecular flexibility index (Phi) is 4.55. The van der Waals surface area contributed by atoms with E-state index < -0.39 is 0 Å². The molecular weight excluding hydrogens is 136 g/mol. The third-order valence-electron chi connectivity index (χ3n) is 1.64. The third-order valence-corrected chi connectivity index (χ3v) is 1.64. The first-order valence-corrected chi connectivity index (χ1v) is 3.69. The molecule has 62 valence electrons. The number of rotatable bonds is 3. The van der Waals surface area contributed by atoms with Gasteiger partial charge in [0.1, 0.15) is 0 Å². The van der Waals surface area contributed by atoms with Crippen LogP contribution in [-0.4, -0.2) is 11.7 Å². The number of hydrogen-bond acceptors (Lipinski definition) is 1. The van der Waals surface area contributed by atoms with Crippen LogP contribution in [0.1, 0.15) is 20.8 Å². The summed E-state index contributed by atoms with van der Waals surface area (Å²) in [5, 5.41) is 8.79. The van der Waals surface area contributed by atoms with E-state index >= 15 is 0 Å². The lowest BCUT2D eigenvalue weighted by Crippen LogP contribution is -1.86. The van der Waals surface area contributed by atoms with E-state index in [2.05, 4.69) is 6.58 Å². The van der Waals surface area contributed by atoms with Gasteiger partial charge in [-0.3, -0.25) is 0 Å². The summed E-state index contributed by atoms with van der Waals surface area (Å²) >= 11 is 0. The van der Waals surface area contributed by atoms with Crippen molar-refractivity contribution in [2.45, 2.75) is 20.8 Å². The molecule has 0 spiro atoms. The average molecular weight is 152 g/mol. The first kappa shape index (κ1) is 10.2. The molecule has 11 heavy (non-hydrogen) atoms. The van der Waals surface area contributed by atoms with Crippen LogP contribution in [0.5, 0.6) is 0 Å². The Morgan fingerprint density at radius 2 is 1.91 bits per heavy atom. The van der Waals surface area contributed by atoms with Gasteiger partial charge in [-0.15, -0.1) is 0 Å². The molecule has 0 radical (unpaired) electrons. The third kappa shape index (κ3) is 3.79. The topological polar surface area (TPSA) is 20.2 Å². The summed E-state index contributed by atoms with van der Waals surface area (Å²) in [6.45, 7) is 9.77. The van der Waals surface area contributed by atoms with Gasteiger partial charge in [0, 0.05) is 0 Å². The maximum atomic E-state index is 8.79. The largest absolute Gasteiger partial charge is 0.392 e. The van der Waals surface area contributed by atoms with Gasteiger partial charge in [-0.1, -0.05) is 29.9 Å². The van der Waals surface area contributed by atoms with E-state index in [1.54, 1.807) is 6.08 Å². The minimum absolute atomic E-state index is 0.0636. The molecule has 0 unspecified atom stereocenters. The van der Waals surface area contributed by atoms with Crippen LogP contribution in [0.4, 0.5) is 0 Å². The van der Waals surface area contributed by atoms with Crippen molar-refractivity contribution in [3.05, 3.63) is 35.5 Å². The number of hydrogen-bond donors (Lipinski definition) is 1. The number of allylic oxidation sites excluding steroid dienone is 3. The second kappa shape index (κ2) is 4.91. The zero-order chi connectivity index (χ0) is 8.85. The highest BCUT2D eigenvalue weighted by Crippen LogP contribution is 2.07. The predicted octanol–water partition coefficient (Wildman–Crippen LogP) is 2.45. The summed E-state index contributed by atoms with van der Waals surface area (Å²) in [4.78, 5) is 0. The van der Waals surface area contributed by atoms with Gasteiger partial charge in [0.2, 0.25) is 0 Å². The molecule has 0 rings (SSSR count). The fourth-order valence-corrected chi connectivity index (χ4v) is 0.592. The van der Waals surface area contributed by atoms with Gasteiger partial charge in [0.25, 0.3) is 0 Å². The zero-order valence-corrected chi connectivity index (χ0v) is 7.52. The molecule has 0 aliphatic carbocycles. The maximum absolute atomic E-state index is 8.79. The monoisotopic (exact) mass is 152 g/mol. The van der Waals surface area contributed by atoms with Crippen LogP contribution < -0.4 is 0 Å². The van der Waals surface area contributed by atoms with Crippen molar-refractivity contribution < 1.29 is 5.11 Å². The molecule has 0 aliphatic rings. The van der Waals surface area contributed by atoms with Gasteiger partial charge in [-0.05, 0) is 26.3 Å². The summed E-state index contributed by atoms with van der Waals surface area (Å²) in [5.74, 6) is 0. The highest BCUT2D eigenvalue weighted by atomic mass is 16.3. The lowest BCUT2D eigenvalue weighted by molar-refractivity contribution is 0.335. The normalized spacial score (nSPS) is 11.1. The van der Waals surface area contributed by atoms with Crippen molar-refractivity contribution in [2.24, 2.45) is 0 Å². The molecule has 0 saturated heterocycles. The van der Waals surface area contributed by atoms with E-state index in [9.17, 15) is 0 Å². The van der Waals surface area contributed by atoms with E-state index in [0.717, 1.165) is 5.57 Å². The van der Waals surface area contributed by atoms with Crippen molar-refractivity contribution in [3.63, 3.8) is 0 Å². The summed E-state index contributed by atoms with van der Waals surface area (Å²) in [5.41, 5.74) is 3.32. The first-order chi connectivity index (χ1) is 5.11. The van der Waals surface area contributed by atoms with Crippen LogP contribution >= 0.6 is 0 Å². The Bertz CT molecular complexity index is 193. The molecule has 1 heteroatoms. The highest BCUT2D eigenvalue weighted by Gasteiger charge is 1.90. The van der Waals surface area contributed by atoms with Gasteiger partial charge in [-0.2, -0.15) is 0 Å². The van der Waals surface area contributed by atoms with Crippen LogP contribution in [-0.2, 0) is 0 Å². The lowest BCUT2D eigenvalue weighted by Gasteiger charge is -1.98. The molecule has 1 nitrogen and oxygen atoms in total. The van der Waals surface area contributed by atoms with Crippen LogP contribution in [0.3, 0.4) is 0 Å². The second-order valence-electron chi connectivity index (χ2n) is 2.76. The van der Waals surface area contributed by atoms with E-state index in [4.69, 9.17) is 5.11 Å². The van der Waals surface area contributed by atoms with Crippen molar-refractivity contribution >= 4 is 0 Å². The standard InChI is InChI=1S/C10H16O/c1-5-10(7-11)6-9(4)8(2)3/h5-6,11H,1,7H2,2-4H3/b10-6+. The molecule has 0 bridgehead atoms. The summed E-state index contributed by atoms with van der Waals surface area (Å²) in [6, 6.07) is 0. The van der Waals surface area contributed by atoms with Gasteiger partial charge < -0.3 is 5.11 Å². The molecule has 0 heterocycles. The van der Waals surface area contributed by atoms with Gasteiger partial charge in [0.15, 0.2) is 0 Å². The van der Waals surface area contributed by atoms with Gasteiger partial charge in [-0.25, -0.2) is 0 Å². The minimum atomic E-state index is 0.0636. The van der Waals surface area contributed by atoms with Crippen molar-refractivity contribution in [1.82, 2.24) is 0 Å².